The van der Waals surface area contributed by atoms with Crippen LogP contribution in [-0.2, 0) is 11.3 Å². The molecule has 2 aromatic rings. The summed E-state index contributed by atoms with van der Waals surface area (Å²) in [6, 6.07) is 8.11. The van der Waals surface area contributed by atoms with Crippen molar-refractivity contribution >= 4 is 47.1 Å². The number of guanidine groups is 1. The zero-order valence-corrected chi connectivity index (χ0v) is 19.3. The van der Waals surface area contributed by atoms with Crippen molar-refractivity contribution in [1.29, 1.82) is 0 Å². The number of alkyl carbamates (subject to hydrolysis) is 1. The zero-order valence-electron chi connectivity index (χ0n) is 17.0. The van der Waals surface area contributed by atoms with Gasteiger partial charge < -0.3 is 25.3 Å². The van der Waals surface area contributed by atoms with Gasteiger partial charge in [-0.05, 0) is 39.3 Å². The maximum Gasteiger partial charge on any atom is 0.407 e. The van der Waals surface area contributed by atoms with Crippen molar-refractivity contribution in [3.05, 3.63) is 30.6 Å². The first-order valence-electron chi connectivity index (χ1n) is 9.20. The number of carbonyl (C=O) groups is 1. The van der Waals surface area contributed by atoms with Crippen molar-refractivity contribution in [2.75, 3.05) is 26.7 Å². The Bertz CT molecular complexity index is 769. The number of para-hydroxylation sites is 2. The highest BCUT2D eigenvalue weighted by atomic mass is 127. The summed E-state index contributed by atoms with van der Waals surface area (Å²) in [4.78, 5) is 20.2. The normalized spacial score (nSPS) is 11.6. The number of carbonyl (C=O) groups excluding carboxylic acids is 1. The second-order valence-corrected chi connectivity index (χ2v) is 7.13. The standard InChI is InChI=1S/C19H30N6O2.HI/c1-19(2,3)27-18(26)23-12-11-22-17(20-4)21-10-7-13-25-14-24-15-8-5-6-9-16(15)25;/h5-6,8-9,14H,7,10-13H2,1-4H3,(H,23,26)(H2,20,21,22);1H. The molecule has 0 atom stereocenters. The van der Waals surface area contributed by atoms with Gasteiger partial charge in [-0.2, -0.15) is 0 Å². The Labute approximate surface area is 183 Å². The van der Waals surface area contributed by atoms with E-state index in [1.807, 2.05) is 45.3 Å². The van der Waals surface area contributed by atoms with Crippen LogP contribution >= 0.6 is 24.0 Å². The fraction of sp³-hybridized carbons (Fsp3) is 0.526. The van der Waals surface area contributed by atoms with Gasteiger partial charge in [0, 0.05) is 33.2 Å². The number of fused-ring (bicyclic) bond motifs is 1. The average Bonchev–Trinajstić information content (AvgIpc) is 3.02. The Hall–Kier alpha value is -2.04. The lowest BCUT2D eigenvalue weighted by Gasteiger charge is -2.19. The zero-order chi connectivity index (χ0) is 19.7. The van der Waals surface area contributed by atoms with Gasteiger partial charge in [-0.3, -0.25) is 4.99 Å². The predicted octanol–water partition coefficient (Wildman–Crippen LogP) is 2.73. The molecule has 0 saturated carbocycles. The number of rotatable bonds is 7. The van der Waals surface area contributed by atoms with Gasteiger partial charge in [0.1, 0.15) is 5.60 Å². The van der Waals surface area contributed by atoms with Crippen molar-refractivity contribution in [3.8, 4) is 0 Å². The van der Waals surface area contributed by atoms with E-state index in [9.17, 15) is 4.79 Å². The summed E-state index contributed by atoms with van der Waals surface area (Å²) >= 11 is 0. The molecule has 3 N–H and O–H groups in total. The van der Waals surface area contributed by atoms with Gasteiger partial charge in [-0.15, -0.1) is 24.0 Å². The van der Waals surface area contributed by atoms with E-state index in [1.54, 1.807) is 7.05 Å². The average molecular weight is 502 g/mol. The first kappa shape index (κ1) is 24.0. The van der Waals surface area contributed by atoms with E-state index < -0.39 is 11.7 Å². The first-order chi connectivity index (χ1) is 12.9. The molecule has 1 amide bonds. The molecule has 0 aliphatic rings. The second kappa shape index (κ2) is 11.7. The third-order valence-electron chi connectivity index (χ3n) is 3.70. The van der Waals surface area contributed by atoms with Crippen LogP contribution in [0.2, 0.25) is 0 Å². The molecule has 0 saturated heterocycles. The number of amides is 1. The summed E-state index contributed by atoms with van der Waals surface area (Å²) < 4.78 is 7.34. The number of hydrogen-bond acceptors (Lipinski definition) is 4. The second-order valence-electron chi connectivity index (χ2n) is 7.13. The van der Waals surface area contributed by atoms with E-state index in [1.165, 1.54) is 0 Å². The number of hydrogen-bond donors (Lipinski definition) is 3. The summed E-state index contributed by atoms with van der Waals surface area (Å²) in [6.07, 6.45) is 2.40. The minimum atomic E-state index is -0.490. The monoisotopic (exact) mass is 502 g/mol. The minimum absolute atomic E-state index is 0. The van der Waals surface area contributed by atoms with Gasteiger partial charge in [-0.1, -0.05) is 12.1 Å². The highest BCUT2D eigenvalue weighted by Crippen LogP contribution is 2.11. The fourth-order valence-corrected chi connectivity index (χ4v) is 2.52. The van der Waals surface area contributed by atoms with Crippen molar-refractivity contribution < 1.29 is 9.53 Å². The third-order valence-corrected chi connectivity index (χ3v) is 3.70. The van der Waals surface area contributed by atoms with Gasteiger partial charge in [0.05, 0.1) is 17.4 Å². The maximum atomic E-state index is 11.6. The SMILES string of the molecule is CN=C(NCCCn1cnc2ccccc21)NCCNC(=O)OC(C)(C)C.I. The molecule has 8 nitrogen and oxygen atoms in total. The highest BCUT2D eigenvalue weighted by molar-refractivity contribution is 14.0. The summed E-state index contributed by atoms with van der Waals surface area (Å²) in [7, 11) is 1.72. The molecule has 0 spiro atoms. The van der Waals surface area contributed by atoms with Gasteiger partial charge in [0.25, 0.3) is 0 Å². The molecule has 28 heavy (non-hydrogen) atoms. The van der Waals surface area contributed by atoms with E-state index in [0.29, 0.717) is 19.0 Å². The third kappa shape index (κ3) is 8.32. The highest BCUT2D eigenvalue weighted by Gasteiger charge is 2.15. The molecule has 1 aromatic carbocycles. The van der Waals surface area contributed by atoms with Crippen LogP contribution in [0.1, 0.15) is 27.2 Å². The number of halogens is 1. The van der Waals surface area contributed by atoms with Crippen LogP contribution in [0.15, 0.2) is 35.6 Å². The largest absolute Gasteiger partial charge is 0.444 e. The number of imidazole rings is 1. The molecule has 0 unspecified atom stereocenters. The number of benzene rings is 1. The Morgan fingerprint density at radius 1 is 1.14 bits per heavy atom. The van der Waals surface area contributed by atoms with Crippen molar-refractivity contribution in [2.45, 2.75) is 39.3 Å². The first-order valence-corrected chi connectivity index (χ1v) is 9.20. The lowest BCUT2D eigenvalue weighted by Crippen LogP contribution is -2.42. The van der Waals surface area contributed by atoms with E-state index in [-0.39, 0.29) is 24.0 Å². The molecule has 1 aromatic heterocycles. The van der Waals surface area contributed by atoms with Crippen LogP contribution in [0.5, 0.6) is 0 Å². The van der Waals surface area contributed by atoms with Gasteiger partial charge >= 0.3 is 6.09 Å². The number of aliphatic imine (C=N–C) groups is 1. The minimum Gasteiger partial charge on any atom is -0.444 e. The van der Waals surface area contributed by atoms with Crippen molar-refractivity contribution in [3.63, 3.8) is 0 Å². The van der Waals surface area contributed by atoms with Crippen LogP contribution in [0.3, 0.4) is 0 Å². The van der Waals surface area contributed by atoms with E-state index in [0.717, 1.165) is 30.5 Å². The quantitative estimate of drug-likeness (QED) is 0.235. The van der Waals surface area contributed by atoms with E-state index in [4.69, 9.17) is 4.74 Å². The molecule has 156 valence electrons. The molecule has 0 aliphatic heterocycles. The van der Waals surface area contributed by atoms with Gasteiger partial charge in [0.2, 0.25) is 0 Å². The Kier molecular flexibility index (Phi) is 10.0. The molecular weight excluding hydrogens is 471 g/mol. The van der Waals surface area contributed by atoms with Gasteiger partial charge in [0.15, 0.2) is 5.96 Å². The maximum absolute atomic E-state index is 11.6. The number of nitrogens with zero attached hydrogens (tertiary/aromatic N) is 3. The molecule has 0 radical (unpaired) electrons. The van der Waals surface area contributed by atoms with Crippen LogP contribution in [0.4, 0.5) is 4.79 Å². The molecule has 0 bridgehead atoms. The van der Waals surface area contributed by atoms with Crippen molar-refractivity contribution in [1.82, 2.24) is 25.5 Å². The molecule has 0 fully saturated rings. The molecule has 1 heterocycles. The Morgan fingerprint density at radius 3 is 2.54 bits per heavy atom. The Morgan fingerprint density at radius 2 is 1.82 bits per heavy atom. The lowest BCUT2D eigenvalue weighted by molar-refractivity contribution is 0.0529. The topological polar surface area (TPSA) is 92.6 Å². The van der Waals surface area contributed by atoms with E-state index in [2.05, 4.69) is 36.6 Å². The van der Waals surface area contributed by atoms with Crippen LogP contribution < -0.4 is 16.0 Å². The predicted molar refractivity (Wildman–Crippen MR) is 123 cm³/mol. The molecule has 9 heteroatoms. The number of nitrogens with one attached hydrogen (secondary N) is 3. The van der Waals surface area contributed by atoms with Crippen LogP contribution in [0.25, 0.3) is 11.0 Å². The fourth-order valence-electron chi connectivity index (χ4n) is 2.52. The van der Waals surface area contributed by atoms with Crippen molar-refractivity contribution in [2.24, 2.45) is 4.99 Å². The Balaban J connectivity index is 0.00000392. The van der Waals surface area contributed by atoms with Crippen LogP contribution in [0, 0.1) is 0 Å². The molecule has 0 aliphatic carbocycles. The lowest BCUT2D eigenvalue weighted by atomic mass is 10.2. The molecule has 2 rings (SSSR count). The summed E-state index contributed by atoms with van der Waals surface area (Å²) in [5.41, 5.74) is 1.67. The smallest absolute Gasteiger partial charge is 0.407 e. The number of aromatic nitrogens is 2. The molecular formula is C19H31IN6O2. The number of aryl methyl sites for hydroxylation is 1. The summed E-state index contributed by atoms with van der Waals surface area (Å²) in [5.74, 6) is 0.705. The number of ether oxygens (including phenoxy) is 1. The van der Waals surface area contributed by atoms with Crippen LogP contribution in [-0.4, -0.2) is 53.9 Å². The van der Waals surface area contributed by atoms with E-state index >= 15 is 0 Å². The summed E-state index contributed by atoms with van der Waals surface area (Å²) in [5, 5.41) is 9.13. The summed E-state index contributed by atoms with van der Waals surface area (Å²) in [6.45, 7) is 8.19. The van der Waals surface area contributed by atoms with Gasteiger partial charge in [-0.25, -0.2) is 9.78 Å².